The maximum atomic E-state index is 10.9. The summed E-state index contributed by atoms with van der Waals surface area (Å²) in [6, 6.07) is 0. The molecule has 0 unspecified atom stereocenters. The minimum Gasteiger partial charge on any atom is -0.481 e. The Morgan fingerprint density at radius 2 is 1.50 bits per heavy atom. The van der Waals surface area contributed by atoms with Gasteiger partial charge in [-0.25, -0.2) is 0 Å². The molecule has 2 rings (SSSR count). The van der Waals surface area contributed by atoms with Crippen LogP contribution in [0.2, 0.25) is 0 Å². The zero-order valence-electron chi connectivity index (χ0n) is 11.4. The lowest BCUT2D eigenvalue weighted by Crippen LogP contribution is -2.28. The Hall–Kier alpha value is -0.570. The van der Waals surface area contributed by atoms with E-state index in [4.69, 9.17) is 9.84 Å². The van der Waals surface area contributed by atoms with Gasteiger partial charge in [-0.1, -0.05) is 0 Å². The average Bonchev–Trinajstić information content (AvgIpc) is 2.40. The van der Waals surface area contributed by atoms with Gasteiger partial charge in [-0.3, -0.25) is 4.79 Å². The summed E-state index contributed by atoms with van der Waals surface area (Å²) in [6.07, 6.45) is 9.34. The van der Waals surface area contributed by atoms with Gasteiger partial charge in [-0.15, -0.1) is 0 Å². The molecule has 0 bridgehead atoms. The quantitative estimate of drug-likeness (QED) is 0.837. The molecule has 3 heteroatoms. The number of carboxylic acid groups (broad SMARTS) is 1. The highest BCUT2D eigenvalue weighted by Gasteiger charge is 2.32. The average molecular weight is 254 g/mol. The number of hydrogen-bond acceptors (Lipinski definition) is 2. The second-order valence-electron chi connectivity index (χ2n) is 6.19. The fourth-order valence-electron chi connectivity index (χ4n) is 3.90. The van der Waals surface area contributed by atoms with Gasteiger partial charge in [0.15, 0.2) is 0 Å². The summed E-state index contributed by atoms with van der Waals surface area (Å²) >= 11 is 0. The van der Waals surface area contributed by atoms with Crippen molar-refractivity contribution < 1.29 is 14.6 Å². The molecule has 0 saturated heterocycles. The Balaban J connectivity index is 1.73. The van der Waals surface area contributed by atoms with Gasteiger partial charge >= 0.3 is 5.97 Å². The lowest BCUT2D eigenvalue weighted by atomic mass is 9.69. The second kappa shape index (κ2) is 6.55. The molecule has 1 N–H and O–H groups in total. The fraction of sp³-hybridized carbons (Fsp3) is 0.933. The maximum Gasteiger partial charge on any atom is 0.306 e. The summed E-state index contributed by atoms with van der Waals surface area (Å²) in [5.74, 6) is 1.77. The SMILES string of the molecule is COCC1CCC(C2CCC(C(=O)O)CC2)CC1. The first-order valence-corrected chi connectivity index (χ1v) is 7.42. The summed E-state index contributed by atoms with van der Waals surface area (Å²) in [5.41, 5.74) is 0. The summed E-state index contributed by atoms with van der Waals surface area (Å²) in [7, 11) is 1.79. The van der Waals surface area contributed by atoms with Gasteiger partial charge in [0.05, 0.1) is 5.92 Å². The van der Waals surface area contributed by atoms with Crippen molar-refractivity contribution in [3.8, 4) is 0 Å². The number of methoxy groups -OCH3 is 1. The molecule has 0 aromatic carbocycles. The fourth-order valence-corrected chi connectivity index (χ4v) is 3.90. The summed E-state index contributed by atoms with van der Waals surface area (Å²) in [5, 5.41) is 9.01. The second-order valence-corrected chi connectivity index (χ2v) is 6.19. The van der Waals surface area contributed by atoms with Gasteiger partial charge in [0, 0.05) is 13.7 Å². The molecule has 0 aliphatic heterocycles. The van der Waals surface area contributed by atoms with Gasteiger partial charge in [0.25, 0.3) is 0 Å². The molecule has 0 spiro atoms. The molecule has 2 aliphatic carbocycles. The molecule has 0 aromatic heterocycles. The molecule has 0 amide bonds. The predicted octanol–water partition coefficient (Wildman–Crippen LogP) is 3.33. The molecule has 2 saturated carbocycles. The van der Waals surface area contributed by atoms with Crippen LogP contribution in [0.1, 0.15) is 51.4 Å². The highest BCUT2D eigenvalue weighted by atomic mass is 16.5. The number of rotatable bonds is 4. The molecule has 2 fully saturated rings. The molecular formula is C15H26O3. The van der Waals surface area contributed by atoms with E-state index in [9.17, 15) is 4.79 Å². The van der Waals surface area contributed by atoms with E-state index in [1.54, 1.807) is 7.11 Å². The van der Waals surface area contributed by atoms with E-state index in [1.807, 2.05) is 0 Å². The van der Waals surface area contributed by atoms with E-state index in [0.717, 1.165) is 50.0 Å². The minimum absolute atomic E-state index is 0.0638. The first-order valence-electron chi connectivity index (χ1n) is 7.42. The van der Waals surface area contributed by atoms with Crippen molar-refractivity contribution in [2.75, 3.05) is 13.7 Å². The maximum absolute atomic E-state index is 10.9. The molecule has 104 valence electrons. The Kier molecular flexibility index (Phi) is 5.04. The molecule has 0 radical (unpaired) electrons. The smallest absolute Gasteiger partial charge is 0.306 e. The zero-order valence-corrected chi connectivity index (χ0v) is 11.4. The van der Waals surface area contributed by atoms with Gasteiger partial charge in [-0.2, -0.15) is 0 Å². The Morgan fingerprint density at radius 1 is 1.00 bits per heavy atom. The number of aliphatic carboxylic acids is 1. The topological polar surface area (TPSA) is 46.5 Å². The third-order valence-corrected chi connectivity index (χ3v) is 5.08. The van der Waals surface area contributed by atoms with Crippen molar-refractivity contribution in [3.63, 3.8) is 0 Å². The lowest BCUT2D eigenvalue weighted by molar-refractivity contribution is -0.143. The van der Waals surface area contributed by atoms with Crippen LogP contribution in [-0.4, -0.2) is 24.8 Å². The minimum atomic E-state index is -0.586. The van der Waals surface area contributed by atoms with Crippen LogP contribution >= 0.6 is 0 Å². The monoisotopic (exact) mass is 254 g/mol. The number of ether oxygens (including phenoxy) is 1. The van der Waals surface area contributed by atoms with E-state index in [1.165, 1.54) is 25.7 Å². The number of carbonyl (C=O) groups is 1. The van der Waals surface area contributed by atoms with Gasteiger partial charge in [0.2, 0.25) is 0 Å². The van der Waals surface area contributed by atoms with Crippen molar-refractivity contribution >= 4 is 5.97 Å². The van der Waals surface area contributed by atoms with Gasteiger partial charge < -0.3 is 9.84 Å². The van der Waals surface area contributed by atoms with Crippen LogP contribution in [0.25, 0.3) is 0 Å². The predicted molar refractivity (Wildman–Crippen MR) is 70.4 cm³/mol. The van der Waals surface area contributed by atoms with Crippen molar-refractivity contribution in [1.82, 2.24) is 0 Å². The first-order chi connectivity index (χ1) is 8.70. The Bertz CT molecular complexity index is 261. The van der Waals surface area contributed by atoms with E-state index >= 15 is 0 Å². The lowest BCUT2D eigenvalue weighted by Gasteiger charge is -2.37. The molecular weight excluding hydrogens is 228 g/mol. The highest BCUT2D eigenvalue weighted by Crippen LogP contribution is 2.41. The normalized spacial score (nSPS) is 37.4. The third kappa shape index (κ3) is 3.47. The molecule has 0 aromatic rings. The third-order valence-electron chi connectivity index (χ3n) is 5.08. The van der Waals surface area contributed by atoms with Gasteiger partial charge in [0.1, 0.15) is 0 Å². The van der Waals surface area contributed by atoms with Crippen molar-refractivity contribution in [1.29, 1.82) is 0 Å². The van der Waals surface area contributed by atoms with Crippen LogP contribution < -0.4 is 0 Å². The van der Waals surface area contributed by atoms with E-state index in [0.29, 0.717) is 0 Å². The van der Waals surface area contributed by atoms with E-state index < -0.39 is 5.97 Å². The Morgan fingerprint density at radius 3 is 1.94 bits per heavy atom. The van der Waals surface area contributed by atoms with Gasteiger partial charge in [-0.05, 0) is 69.1 Å². The molecule has 18 heavy (non-hydrogen) atoms. The number of carboxylic acids is 1. The van der Waals surface area contributed by atoms with Crippen molar-refractivity contribution in [2.24, 2.45) is 23.7 Å². The van der Waals surface area contributed by atoms with E-state index in [2.05, 4.69) is 0 Å². The highest BCUT2D eigenvalue weighted by molar-refractivity contribution is 5.69. The zero-order chi connectivity index (χ0) is 13.0. The van der Waals surface area contributed by atoms with Crippen molar-refractivity contribution in [2.45, 2.75) is 51.4 Å². The van der Waals surface area contributed by atoms with Crippen LogP contribution in [0.15, 0.2) is 0 Å². The van der Waals surface area contributed by atoms with E-state index in [-0.39, 0.29) is 5.92 Å². The largest absolute Gasteiger partial charge is 0.481 e. The van der Waals surface area contributed by atoms with Crippen LogP contribution in [0.3, 0.4) is 0 Å². The van der Waals surface area contributed by atoms with Crippen molar-refractivity contribution in [3.05, 3.63) is 0 Å². The summed E-state index contributed by atoms with van der Waals surface area (Å²) in [6.45, 7) is 0.915. The van der Waals surface area contributed by atoms with Crippen LogP contribution in [0.5, 0.6) is 0 Å². The standard InChI is InChI=1S/C15H26O3/c1-18-10-11-2-4-12(5-3-11)13-6-8-14(9-7-13)15(16)17/h11-14H,2-10H2,1H3,(H,16,17). The summed E-state index contributed by atoms with van der Waals surface area (Å²) < 4.78 is 5.24. The summed E-state index contributed by atoms with van der Waals surface area (Å²) in [4.78, 5) is 10.9. The Labute approximate surface area is 110 Å². The molecule has 0 atom stereocenters. The number of hydrogen-bond donors (Lipinski definition) is 1. The molecule has 2 aliphatic rings. The molecule has 0 heterocycles. The van der Waals surface area contributed by atoms with Crippen LogP contribution in [-0.2, 0) is 9.53 Å². The first kappa shape index (κ1) is 13.9. The molecule has 3 nitrogen and oxygen atoms in total. The van der Waals surface area contributed by atoms with Crippen LogP contribution in [0.4, 0.5) is 0 Å². The van der Waals surface area contributed by atoms with Crippen LogP contribution in [0, 0.1) is 23.7 Å².